The third kappa shape index (κ3) is 2.01. The van der Waals surface area contributed by atoms with Crippen LogP contribution in [0.5, 0.6) is 5.75 Å². The molecule has 112 valence electrons. The van der Waals surface area contributed by atoms with Crippen LogP contribution in [0.15, 0.2) is 42.5 Å². The highest BCUT2D eigenvalue weighted by Gasteiger charge is 2.26. The minimum Gasteiger partial charge on any atom is -0.497 e. The van der Waals surface area contributed by atoms with Crippen LogP contribution in [0.4, 0.5) is 0 Å². The summed E-state index contributed by atoms with van der Waals surface area (Å²) >= 11 is 0. The molecule has 1 unspecified atom stereocenters. The summed E-state index contributed by atoms with van der Waals surface area (Å²) in [6.45, 7) is 3.17. The maximum absolute atomic E-state index is 5.38. The fourth-order valence-electron chi connectivity index (χ4n) is 3.51. The van der Waals surface area contributed by atoms with Crippen LogP contribution in [0.1, 0.15) is 28.4 Å². The summed E-state index contributed by atoms with van der Waals surface area (Å²) in [5.41, 5.74) is 6.57. The van der Waals surface area contributed by atoms with E-state index in [9.17, 15) is 0 Å². The van der Waals surface area contributed by atoms with E-state index < -0.39 is 0 Å². The molecule has 0 amide bonds. The van der Waals surface area contributed by atoms with E-state index in [-0.39, 0.29) is 6.04 Å². The highest BCUT2D eigenvalue weighted by molar-refractivity contribution is 5.86. The van der Waals surface area contributed by atoms with Crippen LogP contribution < -0.4 is 10.1 Å². The number of H-pyrrole nitrogens is 1. The van der Waals surface area contributed by atoms with Crippen LogP contribution >= 0.6 is 0 Å². The quantitative estimate of drug-likeness (QED) is 0.755. The van der Waals surface area contributed by atoms with Gasteiger partial charge in [0.15, 0.2) is 0 Å². The number of methoxy groups -OCH3 is 1. The summed E-state index contributed by atoms with van der Waals surface area (Å²) in [7, 11) is 1.72. The van der Waals surface area contributed by atoms with Crippen molar-refractivity contribution >= 4 is 10.9 Å². The fraction of sp³-hybridized carbons (Fsp3) is 0.263. The van der Waals surface area contributed by atoms with Gasteiger partial charge in [-0.2, -0.15) is 0 Å². The number of aryl methyl sites for hydroxylation is 1. The van der Waals surface area contributed by atoms with Crippen molar-refractivity contribution in [2.75, 3.05) is 13.7 Å². The third-order valence-electron chi connectivity index (χ3n) is 4.66. The number of benzene rings is 2. The number of ether oxygens (including phenoxy) is 1. The van der Waals surface area contributed by atoms with Gasteiger partial charge in [0.1, 0.15) is 5.75 Å². The highest BCUT2D eigenvalue weighted by Crippen LogP contribution is 2.35. The number of hydrogen-bond acceptors (Lipinski definition) is 2. The molecule has 3 nitrogen and oxygen atoms in total. The first kappa shape index (κ1) is 13.4. The predicted octanol–water partition coefficient (Wildman–Crippen LogP) is 3.72. The fourth-order valence-corrected chi connectivity index (χ4v) is 3.51. The van der Waals surface area contributed by atoms with E-state index in [0.29, 0.717) is 0 Å². The van der Waals surface area contributed by atoms with Crippen molar-refractivity contribution in [3.8, 4) is 5.75 Å². The number of fused-ring (bicyclic) bond motifs is 3. The normalized spacial score (nSPS) is 17.5. The van der Waals surface area contributed by atoms with E-state index in [0.717, 1.165) is 18.7 Å². The van der Waals surface area contributed by atoms with Gasteiger partial charge in [0.25, 0.3) is 0 Å². The first-order chi connectivity index (χ1) is 10.8. The van der Waals surface area contributed by atoms with E-state index in [2.05, 4.69) is 53.6 Å². The molecule has 0 bridgehead atoms. The Hall–Kier alpha value is -2.26. The van der Waals surface area contributed by atoms with Gasteiger partial charge in [-0.25, -0.2) is 0 Å². The summed E-state index contributed by atoms with van der Waals surface area (Å²) in [5.74, 6) is 0.917. The molecule has 0 saturated heterocycles. The molecule has 2 heterocycles. The van der Waals surface area contributed by atoms with Crippen molar-refractivity contribution in [3.63, 3.8) is 0 Å². The molecule has 1 atom stereocenters. The van der Waals surface area contributed by atoms with Gasteiger partial charge in [-0.3, -0.25) is 0 Å². The summed E-state index contributed by atoms with van der Waals surface area (Å²) in [4.78, 5) is 3.63. The van der Waals surface area contributed by atoms with Crippen LogP contribution in [0, 0.1) is 6.92 Å². The standard InChI is InChI=1S/C19H20N2O/c1-12-5-3-4-6-14(12)18-19-15(9-10-20-18)16-11-13(22-2)7-8-17(16)21-19/h3-8,11,18,20-21H,9-10H2,1-2H3. The molecule has 3 heteroatoms. The monoisotopic (exact) mass is 292 g/mol. The average Bonchev–Trinajstić information content (AvgIpc) is 2.93. The van der Waals surface area contributed by atoms with Crippen LogP contribution in [-0.2, 0) is 6.42 Å². The number of hydrogen-bond donors (Lipinski definition) is 2. The van der Waals surface area contributed by atoms with Crippen molar-refractivity contribution in [1.29, 1.82) is 0 Å². The second-order valence-corrected chi connectivity index (χ2v) is 5.92. The number of aromatic amines is 1. The van der Waals surface area contributed by atoms with Crippen molar-refractivity contribution in [2.24, 2.45) is 0 Å². The summed E-state index contributed by atoms with van der Waals surface area (Å²) in [5, 5.41) is 4.95. The lowest BCUT2D eigenvalue weighted by Crippen LogP contribution is -2.30. The smallest absolute Gasteiger partial charge is 0.119 e. The Morgan fingerprint density at radius 3 is 2.82 bits per heavy atom. The average molecular weight is 292 g/mol. The molecule has 0 radical (unpaired) electrons. The number of nitrogens with one attached hydrogen (secondary N) is 2. The van der Waals surface area contributed by atoms with Gasteiger partial charge in [0.2, 0.25) is 0 Å². The summed E-state index contributed by atoms with van der Waals surface area (Å²) in [6, 6.07) is 15.1. The summed E-state index contributed by atoms with van der Waals surface area (Å²) < 4.78 is 5.38. The Bertz CT molecular complexity index is 835. The van der Waals surface area contributed by atoms with E-state index in [1.165, 1.54) is 33.3 Å². The maximum atomic E-state index is 5.38. The molecular weight excluding hydrogens is 272 g/mol. The lowest BCUT2D eigenvalue weighted by molar-refractivity contribution is 0.415. The molecular formula is C19H20N2O. The maximum Gasteiger partial charge on any atom is 0.119 e. The second-order valence-electron chi connectivity index (χ2n) is 5.92. The Balaban J connectivity index is 1.90. The molecule has 3 aromatic rings. The van der Waals surface area contributed by atoms with E-state index in [4.69, 9.17) is 4.74 Å². The molecule has 0 spiro atoms. The minimum absolute atomic E-state index is 0.239. The lowest BCUT2D eigenvalue weighted by Gasteiger charge is -2.26. The van der Waals surface area contributed by atoms with Crippen molar-refractivity contribution in [1.82, 2.24) is 10.3 Å². The van der Waals surface area contributed by atoms with Crippen molar-refractivity contribution < 1.29 is 4.74 Å². The van der Waals surface area contributed by atoms with Crippen LogP contribution in [0.2, 0.25) is 0 Å². The zero-order valence-electron chi connectivity index (χ0n) is 12.9. The lowest BCUT2D eigenvalue weighted by atomic mass is 9.92. The molecule has 22 heavy (non-hydrogen) atoms. The minimum atomic E-state index is 0.239. The van der Waals surface area contributed by atoms with Crippen molar-refractivity contribution in [3.05, 3.63) is 64.8 Å². The number of aromatic nitrogens is 1. The molecule has 2 N–H and O–H groups in total. The van der Waals surface area contributed by atoms with Crippen LogP contribution in [0.25, 0.3) is 10.9 Å². The Kier molecular flexibility index (Phi) is 3.16. The molecule has 1 aliphatic rings. The molecule has 1 aromatic heterocycles. The molecule has 2 aromatic carbocycles. The molecule has 1 aliphatic heterocycles. The Morgan fingerprint density at radius 2 is 2.00 bits per heavy atom. The second kappa shape index (κ2) is 5.18. The van der Waals surface area contributed by atoms with Gasteiger partial charge in [-0.15, -0.1) is 0 Å². The largest absolute Gasteiger partial charge is 0.497 e. The molecule has 0 saturated carbocycles. The van der Waals surface area contributed by atoms with E-state index in [1.54, 1.807) is 7.11 Å². The van der Waals surface area contributed by atoms with E-state index >= 15 is 0 Å². The van der Waals surface area contributed by atoms with Crippen molar-refractivity contribution in [2.45, 2.75) is 19.4 Å². The van der Waals surface area contributed by atoms with Gasteiger partial charge in [0, 0.05) is 23.1 Å². The summed E-state index contributed by atoms with van der Waals surface area (Å²) in [6.07, 6.45) is 1.05. The van der Waals surface area contributed by atoms with Crippen LogP contribution in [0.3, 0.4) is 0 Å². The zero-order valence-corrected chi connectivity index (χ0v) is 12.9. The van der Waals surface area contributed by atoms with Gasteiger partial charge < -0.3 is 15.0 Å². The SMILES string of the molecule is COc1ccc2[nH]c3c(c2c1)CCNC3c1ccccc1C. The zero-order chi connectivity index (χ0) is 15.1. The number of rotatable bonds is 2. The molecule has 0 aliphatic carbocycles. The third-order valence-corrected chi connectivity index (χ3v) is 4.66. The Labute approximate surface area is 130 Å². The van der Waals surface area contributed by atoms with Gasteiger partial charge >= 0.3 is 0 Å². The molecule has 0 fully saturated rings. The Morgan fingerprint density at radius 1 is 1.14 bits per heavy atom. The van der Waals surface area contributed by atoms with Gasteiger partial charge in [0.05, 0.1) is 13.2 Å². The first-order valence-corrected chi connectivity index (χ1v) is 7.75. The van der Waals surface area contributed by atoms with Gasteiger partial charge in [-0.1, -0.05) is 24.3 Å². The first-order valence-electron chi connectivity index (χ1n) is 7.75. The van der Waals surface area contributed by atoms with Crippen LogP contribution in [-0.4, -0.2) is 18.6 Å². The van der Waals surface area contributed by atoms with Gasteiger partial charge in [-0.05, 0) is 48.2 Å². The van der Waals surface area contributed by atoms with E-state index in [1.807, 2.05) is 6.07 Å². The highest BCUT2D eigenvalue weighted by atomic mass is 16.5. The topological polar surface area (TPSA) is 37.0 Å². The molecule has 4 rings (SSSR count). The predicted molar refractivity (Wildman–Crippen MR) is 89.6 cm³/mol.